The minimum absolute atomic E-state index is 0.229. The minimum atomic E-state index is -3.78. The van der Waals surface area contributed by atoms with Crippen molar-refractivity contribution < 1.29 is 13.2 Å². The number of morpholine rings is 1. The maximum absolute atomic E-state index is 13.3. The first-order chi connectivity index (χ1) is 15.5. The van der Waals surface area contributed by atoms with Crippen LogP contribution < -0.4 is 5.46 Å². The second-order valence-corrected chi connectivity index (χ2v) is 9.80. The molecule has 3 aromatic heterocycles. The first-order valence-electron chi connectivity index (χ1n) is 10.6. The van der Waals surface area contributed by atoms with Crippen LogP contribution >= 0.6 is 0 Å². The molecule has 1 fully saturated rings. The molecule has 0 amide bonds. The summed E-state index contributed by atoms with van der Waals surface area (Å²) in [4.78, 5) is 7.05. The summed E-state index contributed by atoms with van der Waals surface area (Å²) in [6.07, 6.45) is 7.10. The number of aromatic nitrogens is 4. The van der Waals surface area contributed by atoms with Crippen molar-refractivity contribution in [3.8, 4) is 11.1 Å². The van der Waals surface area contributed by atoms with Crippen LogP contribution in [0.25, 0.3) is 22.2 Å². The predicted molar refractivity (Wildman–Crippen MR) is 125 cm³/mol. The Balaban J connectivity index is 1.51. The largest absolute Gasteiger partial charge is 0.379 e. The van der Waals surface area contributed by atoms with Gasteiger partial charge in [0.1, 0.15) is 7.85 Å². The second kappa shape index (κ2) is 8.53. The van der Waals surface area contributed by atoms with Gasteiger partial charge in [-0.2, -0.15) is 5.10 Å². The number of hydrogen-bond donors (Lipinski definition) is 0. The van der Waals surface area contributed by atoms with Gasteiger partial charge < -0.3 is 4.74 Å². The smallest absolute Gasteiger partial charge is 0.269 e. The highest BCUT2D eigenvalue weighted by atomic mass is 32.2. The maximum atomic E-state index is 13.3. The first kappa shape index (κ1) is 20.9. The van der Waals surface area contributed by atoms with Gasteiger partial charge in [-0.3, -0.25) is 9.58 Å². The van der Waals surface area contributed by atoms with Gasteiger partial charge in [0, 0.05) is 54.7 Å². The molecule has 1 aliphatic rings. The van der Waals surface area contributed by atoms with Crippen molar-refractivity contribution in [3.05, 3.63) is 61.2 Å². The zero-order valence-electron chi connectivity index (χ0n) is 17.9. The van der Waals surface area contributed by atoms with E-state index in [-0.39, 0.29) is 4.90 Å². The average Bonchev–Trinajstić information content (AvgIpc) is 3.43. The van der Waals surface area contributed by atoms with Gasteiger partial charge in [0.25, 0.3) is 10.0 Å². The Bertz CT molecular complexity index is 1340. The summed E-state index contributed by atoms with van der Waals surface area (Å²) in [5.41, 5.74) is 3.04. The van der Waals surface area contributed by atoms with Gasteiger partial charge in [-0.25, -0.2) is 17.4 Å². The molecule has 0 unspecified atom stereocenters. The van der Waals surface area contributed by atoms with Crippen molar-refractivity contribution in [1.29, 1.82) is 0 Å². The van der Waals surface area contributed by atoms with Crippen LogP contribution in [0.2, 0.25) is 0 Å². The molecule has 1 saturated heterocycles. The topological polar surface area (TPSA) is 82.2 Å². The van der Waals surface area contributed by atoms with Crippen molar-refractivity contribution in [1.82, 2.24) is 23.6 Å². The van der Waals surface area contributed by atoms with E-state index in [1.165, 1.54) is 3.97 Å². The van der Waals surface area contributed by atoms with Gasteiger partial charge in [-0.05, 0) is 12.1 Å². The van der Waals surface area contributed by atoms with E-state index in [1.54, 1.807) is 48.9 Å². The average molecular weight is 449 g/mol. The van der Waals surface area contributed by atoms with E-state index >= 15 is 0 Å². The maximum Gasteiger partial charge on any atom is 0.269 e. The van der Waals surface area contributed by atoms with Crippen LogP contribution in [0.15, 0.2) is 66.1 Å². The molecule has 4 heterocycles. The molecule has 10 heteroatoms. The minimum Gasteiger partial charge on any atom is -0.379 e. The third-order valence-electron chi connectivity index (χ3n) is 5.74. The summed E-state index contributed by atoms with van der Waals surface area (Å²) >= 11 is 0. The quantitative estimate of drug-likeness (QED) is 0.404. The van der Waals surface area contributed by atoms with Crippen molar-refractivity contribution in [3.63, 3.8) is 0 Å². The van der Waals surface area contributed by atoms with E-state index in [1.807, 2.05) is 24.8 Å². The van der Waals surface area contributed by atoms with Crippen molar-refractivity contribution in [2.24, 2.45) is 0 Å². The number of hydrogen-bond acceptors (Lipinski definition) is 6. The summed E-state index contributed by atoms with van der Waals surface area (Å²) in [5, 5.41) is 5.30. The van der Waals surface area contributed by atoms with Crippen molar-refractivity contribution in [2.75, 3.05) is 32.8 Å². The first-order valence-corrected chi connectivity index (χ1v) is 12.1. The highest BCUT2D eigenvalue weighted by Crippen LogP contribution is 2.31. The summed E-state index contributed by atoms with van der Waals surface area (Å²) < 4.78 is 35.3. The van der Waals surface area contributed by atoms with Crippen molar-refractivity contribution >= 4 is 34.4 Å². The van der Waals surface area contributed by atoms with Gasteiger partial charge >= 0.3 is 0 Å². The van der Waals surface area contributed by atoms with E-state index in [4.69, 9.17) is 4.74 Å². The summed E-state index contributed by atoms with van der Waals surface area (Å²) in [6, 6.07) is 10.4. The molecule has 0 bridgehead atoms. The third kappa shape index (κ3) is 3.97. The molecule has 1 aromatic carbocycles. The summed E-state index contributed by atoms with van der Waals surface area (Å²) in [5.74, 6) is 0. The van der Waals surface area contributed by atoms with Gasteiger partial charge in [-0.1, -0.05) is 29.7 Å². The molecular weight excluding hydrogens is 425 g/mol. The monoisotopic (exact) mass is 449 g/mol. The molecule has 0 N–H and O–H groups in total. The molecule has 32 heavy (non-hydrogen) atoms. The number of nitrogens with zero attached hydrogens (tertiary/aromatic N) is 5. The van der Waals surface area contributed by atoms with Crippen molar-refractivity contribution in [2.45, 2.75) is 11.4 Å². The highest BCUT2D eigenvalue weighted by Gasteiger charge is 2.23. The fraction of sp³-hybridized carbons (Fsp3) is 0.273. The number of pyridine rings is 1. The summed E-state index contributed by atoms with van der Waals surface area (Å²) in [7, 11) is -1.83. The lowest BCUT2D eigenvalue weighted by Crippen LogP contribution is -2.38. The molecule has 5 rings (SSSR count). The van der Waals surface area contributed by atoms with Gasteiger partial charge in [0.2, 0.25) is 0 Å². The van der Waals surface area contributed by atoms with E-state index in [0.29, 0.717) is 5.65 Å². The molecule has 0 saturated carbocycles. The SMILES string of the molecule is Bc1cnc2c(c1)c(-c1cnn(CCN3CCOCC3)c1)cn2S(=O)(=O)c1ccccc1. The Kier molecular flexibility index (Phi) is 5.58. The van der Waals surface area contributed by atoms with Crippen LogP contribution in [0, 0.1) is 0 Å². The van der Waals surface area contributed by atoms with E-state index in [9.17, 15) is 8.42 Å². The lowest BCUT2D eigenvalue weighted by Gasteiger charge is -2.26. The number of rotatable bonds is 6. The Labute approximate surface area is 187 Å². The number of benzene rings is 1. The van der Waals surface area contributed by atoms with Crippen LogP contribution in [0.5, 0.6) is 0 Å². The molecule has 0 radical (unpaired) electrons. The fourth-order valence-corrected chi connectivity index (χ4v) is 5.34. The normalized spacial score (nSPS) is 15.4. The van der Waals surface area contributed by atoms with E-state index in [0.717, 1.165) is 61.4 Å². The van der Waals surface area contributed by atoms with E-state index in [2.05, 4.69) is 15.0 Å². The molecule has 8 nitrogen and oxygen atoms in total. The number of ether oxygens (including phenoxy) is 1. The summed E-state index contributed by atoms with van der Waals surface area (Å²) in [6.45, 7) is 5.07. The standard InChI is InChI=1S/C22H24BN5O3S/c23-18-12-20-21(17-13-25-27(15-17)7-6-26-8-10-31-11-9-26)16-28(22(20)24-14-18)32(29,30)19-4-2-1-3-5-19/h1-5,12-16H,6-11,23H2. The molecule has 0 aliphatic carbocycles. The Morgan fingerprint density at radius 3 is 2.59 bits per heavy atom. The van der Waals surface area contributed by atoms with Crippen LogP contribution in [0.1, 0.15) is 0 Å². The van der Waals surface area contributed by atoms with Crippen LogP contribution in [0.4, 0.5) is 0 Å². The van der Waals surface area contributed by atoms with Crippen LogP contribution in [-0.4, -0.2) is 72.7 Å². The lowest BCUT2D eigenvalue weighted by atomic mass is 9.96. The number of fused-ring (bicyclic) bond motifs is 1. The second-order valence-electron chi connectivity index (χ2n) is 7.99. The zero-order valence-corrected chi connectivity index (χ0v) is 18.7. The molecule has 164 valence electrons. The predicted octanol–water partition coefficient (Wildman–Crippen LogP) is 0.727. The van der Waals surface area contributed by atoms with Gasteiger partial charge in [0.05, 0.1) is 30.9 Å². The Morgan fingerprint density at radius 1 is 1.03 bits per heavy atom. The fourth-order valence-electron chi connectivity index (χ4n) is 4.00. The van der Waals surface area contributed by atoms with Crippen LogP contribution in [-0.2, 0) is 21.3 Å². The molecule has 1 aliphatic heterocycles. The van der Waals surface area contributed by atoms with Gasteiger partial charge in [-0.15, -0.1) is 0 Å². The Hall–Kier alpha value is -2.95. The van der Waals surface area contributed by atoms with Gasteiger partial charge in [0.15, 0.2) is 5.65 Å². The lowest BCUT2D eigenvalue weighted by molar-refractivity contribution is 0.0360. The molecule has 0 spiro atoms. The highest BCUT2D eigenvalue weighted by molar-refractivity contribution is 7.90. The Morgan fingerprint density at radius 2 is 1.81 bits per heavy atom. The van der Waals surface area contributed by atoms with E-state index < -0.39 is 10.0 Å². The zero-order chi connectivity index (χ0) is 22.1. The van der Waals surface area contributed by atoms with Crippen LogP contribution in [0.3, 0.4) is 0 Å². The third-order valence-corrected chi connectivity index (χ3v) is 7.41. The molecular formula is C22H24BN5O3S. The molecule has 4 aromatic rings. The molecule has 0 atom stereocenters.